The maximum absolute atomic E-state index is 13.1. The number of rotatable bonds is 3. The Balaban J connectivity index is 2.19. The first kappa shape index (κ1) is 11.6. The van der Waals surface area contributed by atoms with Crippen LogP contribution in [0.3, 0.4) is 0 Å². The second-order valence-electron chi connectivity index (χ2n) is 4.76. The van der Waals surface area contributed by atoms with Gasteiger partial charge in [0.05, 0.1) is 0 Å². The molecule has 1 N–H and O–H groups in total. The van der Waals surface area contributed by atoms with E-state index in [4.69, 9.17) is 0 Å². The normalized spacial score (nSPS) is 21.6. The van der Waals surface area contributed by atoms with E-state index in [0.717, 1.165) is 19.3 Å². The van der Waals surface area contributed by atoms with Crippen LogP contribution in [0.4, 0.5) is 4.39 Å². The molecule has 0 bridgehead atoms. The summed E-state index contributed by atoms with van der Waals surface area (Å²) in [6.07, 6.45) is 4.48. The van der Waals surface area contributed by atoms with Crippen molar-refractivity contribution < 1.29 is 4.39 Å². The summed E-state index contributed by atoms with van der Waals surface area (Å²) in [6, 6.07) is 6.17. The van der Waals surface area contributed by atoms with Crippen molar-refractivity contribution in [1.29, 1.82) is 0 Å². The highest BCUT2D eigenvalue weighted by Crippen LogP contribution is 2.30. The van der Waals surface area contributed by atoms with Crippen LogP contribution in [0.25, 0.3) is 0 Å². The van der Waals surface area contributed by atoms with E-state index in [9.17, 15) is 4.39 Å². The Kier molecular flexibility index (Phi) is 3.59. The van der Waals surface area contributed by atoms with Crippen LogP contribution in [0.1, 0.15) is 50.3 Å². The van der Waals surface area contributed by atoms with Crippen LogP contribution in [0.5, 0.6) is 0 Å². The Labute approximate surface area is 97.1 Å². The number of hydrogen-bond donors (Lipinski definition) is 1. The van der Waals surface area contributed by atoms with Gasteiger partial charge in [0, 0.05) is 12.1 Å². The van der Waals surface area contributed by atoms with E-state index in [2.05, 4.69) is 19.2 Å². The predicted molar refractivity (Wildman–Crippen MR) is 65.0 cm³/mol. The fourth-order valence-electron chi connectivity index (χ4n) is 2.42. The fraction of sp³-hybridized carbons (Fsp3) is 0.571. The summed E-state index contributed by atoms with van der Waals surface area (Å²) in [5.41, 5.74) is 2.49. The molecule has 2 unspecified atom stereocenters. The molecule has 0 aromatic heterocycles. The molecule has 88 valence electrons. The predicted octanol–water partition coefficient (Wildman–Crippen LogP) is 3.59. The monoisotopic (exact) mass is 221 g/mol. The summed E-state index contributed by atoms with van der Waals surface area (Å²) in [5, 5.41) is 3.62. The number of fused-ring (bicyclic) bond motifs is 1. The molecule has 0 spiro atoms. The lowest BCUT2D eigenvalue weighted by Gasteiger charge is -2.29. The van der Waals surface area contributed by atoms with Gasteiger partial charge in [-0.1, -0.05) is 13.0 Å². The van der Waals surface area contributed by atoms with Crippen LogP contribution in [0.2, 0.25) is 0 Å². The van der Waals surface area contributed by atoms with Crippen LogP contribution in [0, 0.1) is 5.82 Å². The van der Waals surface area contributed by atoms with E-state index in [-0.39, 0.29) is 5.82 Å². The van der Waals surface area contributed by atoms with Gasteiger partial charge in [0.1, 0.15) is 5.82 Å². The van der Waals surface area contributed by atoms with Gasteiger partial charge in [0.25, 0.3) is 0 Å². The second kappa shape index (κ2) is 4.96. The van der Waals surface area contributed by atoms with Gasteiger partial charge in [-0.3, -0.25) is 0 Å². The average Bonchev–Trinajstić information content (AvgIpc) is 2.28. The molecule has 2 atom stereocenters. The Morgan fingerprint density at radius 2 is 2.31 bits per heavy atom. The van der Waals surface area contributed by atoms with Gasteiger partial charge in [-0.2, -0.15) is 0 Å². The molecule has 0 heterocycles. The third kappa shape index (κ3) is 2.43. The van der Waals surface area contributed by atoms with Gasteiger partial charge in [-0.25, -0.2) is 4.39 Å². The van der Waals surface area contributed by atoms with Gasteiger partial charge in [-0.05, 0) is 55.9 Å². The molecule has 1 nitrogen and oxygen atoms in total. The Bertz CT molecular complexity index is 362. The van der Waals surface area contributed by atoms with Crippen LogP contribution in [-0.2, 0) is 6.42 Å². The minimum Gasteiger partial charge on any atom is -0.307 e. The second-order valence-corrected chi connectivity index (χ2v) is 4.76. The fourth-order valence-corrected chi connectivity index (χ4v) is 2.42. The average molecular weight is 221 g/mol. The maximum Gasteiger partial charge on any atom is 0.123 e. The number of benzene rings is 1. The molecule has 0 saturated carbocycles. The van der Waals surface area contributed by atoms with Crippen molar-refractivity contribution in [1.82, 2.24) is 5.32 Å². The maximum atomic E-state index is 13.1. The zero-order valence-electron chi connectivity index (χ0n) is 10.1. The van der Waals surface area contributed by atoms with Crippen molar-refractivity contribution in [3.63, 3.8) is 0 Å². The minimum absolute atomic E-state index is 0.108. The molecule has 16 heavy (non-hydrogen) atoms. The molecule has 2 heteroatoms. The number of halogens is 1. The molecule has 2 rings (SSSR count). The first-order valence-corrected chi connectivity index (χ1v) is 6.25. The lowest BCUT2D eigenvalue weighted by molar-refractivity contribution is 0.401. The van der Waals surface area contributed by atoms with E-state index >= 15 is 0 Å². The highest BCUT2D eigenvalue weighted by molar-refractivity contribution is 5.32. The van der Waals surface area contributed by atoms with Gasteiger partial charge in [0.2, 0.25) is 0 Å². The van der Waals surface area contributed by atoms with Gasteiger partial charge in [0.15, 0.2) is 0 Å². The molecule has 0 amide bonds. The van der Waals surface area contributed by atoms with Crippen molar-refractivity contribution in [2.45, 2.75) is 51.6 Å². The largest absolute Gasteiger partial charge is 0.307 e. The Morgan fingerprint density at radius 3 is 3.06 bits per heavy atom. The molecule has 1 aromatic carbocycles. The quantitative estimate of drug-likeness (QED) is 0.822. The van der Waals surface area contributed by atoms with Crippen molar-refractivity contribution in [3.05, 3.63) is 35.1 Å². The zero-order chi connectivity index (χ0) is 11.5. The van der Waals surface area contributed by atoms with Crippen molar-refractivity contribution in [3.8, 4) is 0 Å². The highest BCUT2D eigenvalue weighted by atomic mass is 19.1. The van der Waals surface area contributed by atoms with Crippen LogP contribution < -0.4 is 5.32 Å². The molecular weight excluding hydrogens is 201 g/mol. The van der Waals surface area contributed by atoms with Crippen LogP contribution >= 0.6 is 0 Å². The minimum atomic E-state index is -0.108. The first-order valence-electron chi connectivity index (χ1n) is 6.25. The number of nitrogens with one attached hydrogen (secondary N) is 1. The molecule has 0 saturated heterocycles. The summed E-state index contributed by atoms with van der Waals surface area (Å²) in [6.45, 7) is 4.39. The molecule has 0 aliphatic heterocycles. The molecule has 0 radical (unpaired) electrons. The molecule has 0 fully saturated rings. The topological polar surface area (TPSA) is 12.0 Å². The zero-order valence-corrected chi connectivity index (χ0v) is 10.1. The van der Waals surface area contributed by atoms with E-state index < -0.39 is 0 Å². The lowest BCUT2D eigenvalue weighted by Crippen LogP contribution is -2.32. The van der Waals surface area contributed by atoms with E-state index in [0.29, 0.717) is 12.1 Å². The Hall–Kier alpha value is -0.890. The summed E-state index contributed by atoms with van der Waals surface area (Å²) in [4.78, 5) is 0. The smallest absolute Gasteiger partial charge is 0.123 e. The number of aryl methyl sites for hydroxylation is 1. The highest BCUT2D eigenvalue weighted by Gasteiger charge is 2.21. The van der Waals surface area contributed by atoms with E-state index in [1.54, 1.807) is 12.1 Å². The van der Waals surface area contributed by atoms with E-state index in [1.807, 2.05) is 6.07 Å². The first-order chi connectivity index (χ1) is 7.70. The summed E-state index contributed by atoms with van der Waals surface area (Å²) in [7, 11) is 0. The van der Waals surface area contributed by atoms with Crippen LogP contribution in [0.15, 0.2) is 18.2 Å². The Morgan fingerprint density at radius 1 is 1.50 bits per heavy atom. The van der Waals surface area contributed by atoms with Gasteiger partial charge in [-0.15, -0.1) is 0 Å². The third-order valence-electron chi connectivity index (χ3n) is 3.52. The lowest BCUT2D eigenvalue weighted by atomic mass is 9.87. The molecule has 1 aromatic rings. The summed E-state index contributed by atoms with van der Waals surface area (Å²) < 4.78 is 13.1. The summed E-state index contributed by atoms with van der Waals surface area (Å²) in [5.74, 6) is -0.108. The summed E-state index contributed by atoms with van der Waals surface area (Å²) >= 11 is 0. The standard InChI is InChI=1S/C14H20FN/c1-3-10(2)16-14-6-4-5-11-9-12(15)7-8-13(11)14/h7-10,14,16H,3-6H2,1-2H3. The molecule has 1 aliphatic rings. The SMILES string of the molecule is CCC(C)NC1CCCc2cc(F)ccc21. The van der Waals surface area contributed by atoms with Gasteiger partial charge < -0.3 is 5.32 Å². The molecule has 1 aliphatic carbocycles. The van der Waals surface area contributed by atoms with Crippen molar-refractivity contribution >= 4 is 0 Å². The van der Waals surface area contributed by atoms with E-state index in [1.165, 1.54) is 17.5 Å². The van der Waals surface area contributed by atoms with Crippen molar-refractivity contribution in [2.24, 2.45) is 0 Å². The number of hydrogen-bond acceptors (Lipinski definition) is 1. The van der Waals surface area contributed by atoms with Crippen molar-refractivity contribution in [2.75, 3.05) is 0 Å². The van der Waals surface area contributed by atoms with Gasteiger partial charge >= 0.3 is 0 Å². The molecular formula is C14H20FN. The third-order valence-corrected chi connectivity index (χ3v) is 3.52. The van der Waals surface area contributed by atoms with Crippen LogP contribution in [-0.4, -0.2) is 6.04 Å².